The van der Waals surface area contributed by atoms with E-state index in [-0.39, 0.29) is 21.7 Å². The van der Waals surface area contributed by atoms with E-state index in [1.807, 2.05) is 0 Å². The number of benzene rings is 11. The summed E-state index contributed by atoms with van der Waals surface area (Å²) in [7, 11) is 0. The van der Waals surface area contributed by atoms with Crippen LogP contribution in [0.25, 0.3) is 66.1 Å². The highest BCUT2D eigenvalue weighted by atomic mass is 16.3. The fraction of sp³-hybridized carbons (Fsp3) is 0.233. The van der Waals surface area contributed by atoms with Gasteiger partial charge in [-0.25, -0.2) is 0 Å². The second-order valence-corrected chi connectivity index (χ2v) is 30.1. The lowest BCUT2D eigenvalue weighted by Gasteiger charge is -2.37. The lowest BCUT2D eigenvalue weighted by Crippen LogP contribution is -2.30. The maximum absolute atomic E-state index is 7.78. The van der Waals surface area contributed by atoms with Crippen LogP contribution in [0.3, 0.4) is 0 Å². The van der Waals surface area contributed by atoms with Crippen LogP contribution in [0.4, 0.5) is 34.1 Å². The first kappa shape index (κ1) is 57.1. The Kier molecular flexibility index (Phi) is 12.7. The average molecular weight is 1170 g/mol. The number of furan rings is 2. The quantitative estimate of drug-likeness (QED) is 0.152. The van der Waals surface area contributed by atoms with Crippen LogP contribution in [0.2, 0.25) is 0 Å². The minimum atomic E-state index is -0.992. The molecule has 2 aromatic heterocycles. The molecule has 0 aliphatic heterocycles. The monoisotopic (exact) mass is 1170 g/mol. The third-order valence-electron chi connectivity index (χ3n) is 19.9. The summed E-state index contributed by atoms with van der Waals surface area (Å²) in [5.74, 6) is 0. The molecule has 2 aliphatic carbocycles. The zero-order valence-electron chi connectivity index (χ0n) is 54.7. The standard InChI is InChI=1S/C86H80N2O2/c1-81(2,3)53-33-35-56(36-34-53)86(58-42-48-74-66(50-58)65-49-57(84(10,11)12)41-47-73(65)89-74)68-51-70(87(59-25-17-15-18-26-59)61-43-37-54(38-44-61)82(4,5)6)75-63-29-21-23-31-67(63)85(13,14)79(75)77(68)78-69(86)52-71(76-64-30-22-24-32-72(64)90-80(76)78)88(60-27-19-16-20-28-60)62-45-39-55(40-46-62)83(7,8)9/h15-52H,1-14H3. The van der Waals surface area contributed by atoms with Gasteiger partial charge in [0.15, 0.2) is 0 Å². The summed E-state index contributed by atoms with van der Waals surface area (Å²) in [6.07, 6.45) is 0. The number of nitrogens with zero attached hydrogens (tertiary/aromatic N) is 2. The van der Waals surface area contributed by atoms with E-state index in [4.69, 9.17) is 8.83 Å². The van der Waals surface area contributed by atoms with Crippen molar-refractivity contribution in [3.05, 3.63) is 286 Å². The number of fused-ring (bicyclic) bond motifs is 14. The largest absolute Gasteiger partial charge is 0.456 e. The van der Waals surface area contributed by atoms with Gasteiger partial charge in [-0.1, -0.05) is 236 Å². The molecule has 90 heavy (non-hydrogen) atoms. The molecule has 0 saturated heterocycles. The van der Waals surface area contributed by atoms with Crippen LogP contribution in [0.15, 0.2) is 239 Å². The van der Waals surface area contributed by atoms with E-state index in [2.05, 4.69) is 337 Å². The smallest absolute Gasteiger partial charge is 0.145 e. The third kappa shape index (κ3) is 8.75. The Hall–Kier alpha value is -9.38. The lowest BCUT2D eigenvalue weighted by atomic mass is 9.66. The van der Waals surface area contributed by atoms with Gasteiger partial charge in [-0.3, -0.25) is 0 Å². The maximum atomic E-state index is 7.78. The molecule has 446 valence electrons. The van der Waals surface area contributed by atoms with Crippen molar-refractivity contribution in [3.63, 3.8) is 0 Å². The zero-order valence-corrected chi connectivity index (χ0v) is 54.7. The van der Waals surface area contributed by atoms with Gasteiger partial charge in [0, 0.05) is 55.5 Å². The van der Waals surface area contributed by atoms with E-state index < -0.39 is 10.8 Å². The Morgan fingerprint density at radius 2 is 0.756 bits per heavy atom. The van der Waals surface area contributed by atoms with Crippen LogP contribution >= 0.6 is 0 Å². The molecule has 2 aliphatic rings. The Labute approximate surface area is 531 Å². The molecule has 4 heteroatoms. The number of anilines is 6. The van der Waals surface area contributed by atoms with Gasteiger partial charge in [-0.05, 0) is 179 Å². The van der Waals surface area contributed by atoms with Crippen LogP contribution in [0.5, 0.6) is 0 Å². The van der Waals surface area contributed by atoms with Gasteiger partial charge in [-0.15, -0.1) is 0 Å². The molecule has 2 heterocycles. The first-order valence-electron chi connectivity index (χ1n) is 32.2. The van der Waals surface area contributed by atoms with Crippen molar-refractivity contribution >= 4 is 78.0 Å². The Morgan fingerprint density at radius 1 is 0.322 bits per heavy atom. The maximum Gasteiger partial charge on any atom is 0.145 e. The molecule has 0 amide bonds. The van der Waals surface area contributed by atoms with Crippen LogP contribution in [0, 0.1) is 0 Å². The van der Waals surface area contributed by atoms with E-state index in [1.165, 1.54) is 61.2 Å². The summed E-state index contributed by atoms with van der Waals surface area (Å²) in [5, 5.41) is 4.33. The SMILES string of the molecule is CC(C)(C)c1ccc(N(c2ccccc2)c2cc3c(c4c2-c2ccccc2C4(C)C)-c2c(cc(N(c4ccccc4)c4ccc(C(C)(C)C)cc4)c4c2oc2ccccc24)C3(c2ccc(C(C)(C)C)cc2)c2ccc3oc4ccc(C(C)(C)C)cc4c3c2)cc1. The minimum Gasteiger partial charge on any atom is -0.456 e. The van der Waals surface area contributed by atoms with Crippen molar-refractivity contribution in [2.24, 2.45) is 0 Å². The van der Waals surface area contributed by atoms with Gasteiger partial charge >= 0.3 is 0 Å². The number of hydrogen-bond acceptors (Lipinski definition) is 4. The van der Waals surface area contributed by atoms with Gasteiger partial charge < -0.3 is 18.6 Å². The zero-order chi connectivity index (χ0) is 62.6. The molecule has 0 bridgehead atoms. The van der Waals surface area contributed by atoms with E-state index in [9.17, 15) is 0 Å². The van der Waals surface area contributed by atoms with E-state index in [0.29, 0.717) is 0 Å². The summed E-state index contributed by atoms with van der Waals surface area (Å²) in [6, 6.07) is 87.3. The van der Waals surface area contributed by atoms with Crippen molar-refractivity contribution in [1.29, 1.82) is 0 Å². The van der Waals surface area contributed by atoms with Gasteiger partial charge in [0.05, 0.1) is 22.2 Å². The Morgan fingerprint density at radius 3 is 1.33 bits per heavy atom. The molecule has 0 saturated carbocycles. The van der Waals surface area contributed by atoms with Crippen molar-refractivity contribution in [2.45, 2.75) is 129 Å². The molecule has 4 nitrogen and oxygen atoms in total. The van der Waals surface area contributed by atoms with Crippen LogP contribution < -0.4 is 9.80 Å². The number of rotatable bonds is 8. The molecule has 0 radical (unpaired) electrons. The highest BCUT2D eigenvalue weighted by Crippen LogP contribution is 2.68. The highest BCUT2D eigenvalue weighted by molar-refractivity contribution is 6.21. The van der Waals surface area contributed by atoms with E-state index >= 15 is 0 Å². The summed E-state index contributed by atoms with van der Waals surface area (Å²) in [6.45, 7) is 32.6. The predicted octanol–water partition coefficient (Wildman–Crippen LogP) is 24.3. The normalized spacial score (nSPS) is 15.4. The van der Waals surface area contributed by atoms with Crippen molar-refractivity contribution < 1.29 is 8.83 Å². The molecule has 13 aromatic rings. The molecule has 0 spiro atoms. The fourth-order valence-corrected chi connectivity index (χ4v) is 15.1. The van der Waals surface area contributed by atoms with Crippen LogP contribution in [-0.4, -0.2) is 0 Å². The average Bonchev–Trinajstić information content (AvgIpc) is 1.49. The van der Waals surface area contributed by atoms with Gasteiger partial charge in [-0.2, -0.15) is 0 Å². The Balaban J connectivity index is 1.18. The van der Waals surface area contributed by atoms with Crippen molar-refractivity contribution in [2.75, 3.05) is 9.80 Å². The van der Waals surface area contributed by atoms with Crippen LogP contribution in [-0.2, 0) is 32.5 Å². The summed E-state index contributed by atoms with van der Waals surface area (Å²) in [5.41, 5.74) is 25.3. The number of hydrogen-bond donors (Lipinski definition) is 0. The molecular weight excluding hydrogens is 1090 g/mol. The number of para-hydroxylation sites is 3. The molecule has 0 fully saturated rings. The second kappa shape index (κ2) is 20.1. The first-order chi connectivity index (χ1) is 42.9. The summed E-state index contributed by atoms with van der Waals surface area (Å²) in [4.78, 5) is 5.03. The summed E-state index contributed by atoms with van der Waals surface area (Å²) >= 11 is 0. The summed E-state index contributed by atoms with van der Waals surface area (Å²) < 4.78 is 14.7. The van der Waals surface area contributed by atoms with Crippen molar-refractivity contribution in [3.8, 4) is 22.3 Å². The van der Waals surface area contributed by atoms with E-state index in [0.717, 1.165) is 94.7 Å². The van der Waals surface area contributed by atoms with Crippen molar-refractivity contribution in [1.82, 2.24) is 0 Å². The Bertz CT molecular complexity index is 4970. The van der Waals surface area contributed by atoms with Crippen LogP contribution in [0.1, 0.15) is 153 Å². The molecular formula is C86H80N2O2. The lowest BCUT2D eigenvalue weighted by molar-refractivity contribution is 0.589. The third-order valence-corrected chi connectivity index (χ3v) is 19.9. The molecule has 11 aromatic carbocycles. The van der Waals surface area contributed by atoms with Gasteiger partial charge in [0.1, 0.15) is 22.3 Å². The highest BCUT2D eigenvalue weighted by Gasteiger charge is 2.54. The topological polar surface area (TPSA) is 32.8 Å². The minimum absolute atomic E-state index is 0.0374. The van der Waals surface area contributed by atoms with Gasteiger partial charge in [0.25, 0.3) is 0 Å². The van der Waals surface area contributed by atoms with E-state index in [1.54, 1.807) is 0 Å². The molecule has 0 N–H and O–H groups in total. The fourth-order valence-electron chi connectivity index (χ4n) is 15.1. The molecule has 1 unspecified atom stereocenters. The predicted molar refractivity (Wildman–Crippen MR) is 380 cm³/mol. The molecule has 15 rings (SSSR count). The van der Waals surface area contributed by atoms with Gasteiger partial charge in [0.2, 0.25) is 0 Å². The second-order valence-electron chi connectivity index (χ2n) is 30.1. The molecule has 1 atom stereocenters. The first-order valence-corrected chi connectivity index (χ1v) is 32.2.